The lowest BCUT2D eigenvalue weighted by Gasteiger charge is -2.05. The normalized spacial score (nSPS) is 13.7. The highest BCUT2D eigenvalue weighted by Crippen LogP contribution is 2.33. The number of thiophene rings is 1. The molecule has 0 bridgehead atoms. The summed E-state index contributed by atoms with van der Waals surface area (Å²) in [4.78, 5) is 28.4. The summed E-state index contributed by atoms with van der Waals surface area (Å²) in [5.74, 6) is -0.208. The molecule has 2 heterocycles. The van der Waals surface area contributed by atoms with Crippen molar-refractivity contribution in [2.24, 2.45) is 5.92 Å². The summed E-state index contributed by atoms with van der Waals surface area (Å²) in [6, 6.07) is 4.80. The summed E-state index contributed by atoms with van der Waals surface area (Å²) in [7, 11) is 0. The van der Waals surface area contributed by atoms with Gasteiger partial charge < -0.3 is 15.7 Å². The van der Waals surface area contributed by atoms with Crippen LogP contribution < -0.4 is 10.6 Å². The topological polar surface area (TPSA) is 91.3 Å². The maximum Gasteiger partial charge on any atom is 0.267 e. The number of hydrogen-bond acceptors (Lipinski definition) is 5. The molecule has 2 aromatic rings. The highest BCUT2D eigenvalue weighted by atomic mass is 32.1. The predicted octanol–water partition coefficient (Wildman–Crippen LogP) is 2.76. The molecule has 1 aliphatic carbocycles. The Bertz CT molecular complexity index is 737. The Balaban J connectivity index is 1.73. The second-order valence-electron chi connectivity index (χ2n) is 5.21. The van der Waals surface area contributed by atoms with E-state index in [9.17, 15) is 14.7 Å². The highest BCUT2D eigenvalue weighted by molar-refractivity contribution is 7.18. The Kier molecular flexibility index (Phi) is 3.81. The van der Waals surface area contributed by atoms with Gasteiger partial charge in [0.05, 0.1) is 9.88 Å². The zero-order valence-electron chi connectivity index (χ0n) is 11.9. The Morgan fingerprint density at radius 2 is 2.14 bits per heavy atom. The van der Waals surface area contributed by atoms with Gasteiger partial charge in [-0.05, 0) is 43.5 Å². The lowest BCUT2D eigenvalue weighted by atomic mass is 10.2. The van der Waals surface area contributed by atoms with Gasteiger partial charge in [-0.15, -0.1) is 11.3 Å². The highest BCUT2D eigenvalue weighted by Gasteiger charge is 2.30. The van der Waals surface area contributed by atoms with Crippen LogP contribution >= 0.6 is 11.3 Å². The Morgan fingerprint density at radius 3 is 2.82 bits per heavy atom. The fourth-order valence-electron chi connectivity index (χ4n) is 2.00. The van der Waals surface area contributed by atoms with E-state index < -0.39 is 0 Å². The van der Waals surface area contributed by atoms with Gasteiger partial charge in [-0.25, -0.2) is 4.98 Å². The Morgan fingerprint density at radius 1 is 1.36 bits per heavy atom. The number of aryl methyl sites for hydroxylation is 1. The van der Waals surface area contributed by atoms with Gasteiger partial charge in [0.1, 0.15) is 0 Å². The fraction of sp³-hybridized carbons (Fsp3) is 0.267. The smallest absolute Gasteiger partial charge is 0.267 e. The van der Waals surface area contributed by atoms with Crippen LogP contribution in [-0.2, 0) is 4.79 Å². The van der Waals surface area contributed by atoms with Crippen LogP contribution in [0.15, 0.2) is 24.4 Å². The van der Waals surface area contributed by atoms with Crippen LogP contribution in [0.25, 0.3) is 0 Å². The Labute approximate surface area is 131 Å². The van der Waals surface area contributed by atoms with Crippen LogP contribution in [0.1, 0.15) is 28.1 Å². The van der Waals surface area contributed by atoms with Crippen molar-refractivity contribution in [3.8, 4) is 5.75 Å². The van der Waals surface area contributed by atoms with E-state index in [4.69, 9.17) is 0 Å². The minimum absolute atomic E-state index is 0.00980. The first-order chi connectivity index (χ1) is 10.5. The maximum atomic E-state index is 12.3. The molecule has 0 aromatic carbocycles. The van der Waals surface area contributed by atoms with Crippen LogP contribution in [-0.4, -0.2) is 21.9 Å². The van der Waals surface area contributed by atoms with Crippen LogP contribution in [0.5, 0.6) is 5.75 Å². The molecule has 1 aliphatic rings. The van der Waals surface area contributed by atoms with E-state index in [1.165, 1.54) is 23.6 Å². The fourth-order valence-corrected chi connectivity index (χ4v) is 2.97. The van der Waals surface area contributed by atoms with Crippen molar-refractivity contribution in [3.63, 3.8) is 0 Å². The van der Waals surface area contributed by atoms with Gasteiger partial charge in [0.15, 0.2) is 11.6 Å². The summed E-state index contributed by atoms with van der Waals surface area (Å²) in [6.45, 7) is 1.80. The Hall–Kier alpha value is -2.41. The number of aromatic hydroxyl groups is 1. The molecule has 1 fully saturated rings. The van der Waals surface area contributed by atoms with Gasteiger partial charge in [0.2, 0.25) is 5.91 Å². The first-order valence-corrected chi connectivity index (χ1v) is 7.73. The number of nitrogens with zero attached hydrogens (tertiary/aromatic N) is 1. The lowest BCUT2D eigenvalue weighted by molar-refractivity contribution is -0.117. The third kappa shape index (κ3) is 3.09. The molecule has 0 atom stereocenters. The van der Waals surface area contributed by atoms with E-state index in [1.807, 2.05) is 0 Å². The average Bonchev–Trinajstić information content (AvgIpc) is 3.26. The van der Waals surface area contributed by atoms with E-state index in [-0.39, 0.29) is 29.3 Å². The van der Waals surface area contributed by atoms with Crippen molar-refractivity contribution in [3.05, 3.63) is 34.8 Å². The molecule has 0 radical (unpaired) electrons. The summed E-state index contributed by atoms with van der Waals surface area (Å²) in [5.41, 5.74) is 0.768. The molecule has 0 unspecified atom stereocenters. The van der Waals surface area contributed by atoms with Crippen molar-refractivity contribution in [1.82, 2.24) is 4.98 Å². The van der Waals surface area contributed by atoms with Crippen molar-refractivity contribution >= 4 is 34.0 Å². The zero-order valence-corrected chi connectivity index (χ0v) is 12.7. The van der Waals surface area contributed by atoms with Crippen LogP contribution in [0.4, 0.5) is 10.8 Å². The van der Waals surface area contributed by atoms with E-state index >= 15 is 0 Å². The molecule has 2 amide bonds. The van der Waals surface area contributed by atoms with Gasteiger partial charge in [-0.3, -0.25) is 9.59 Å². The number of hydrogen-bond donors (Lipinski definition) is 3. The summed E-state index contributed by atoms with van der Waals surface area (Å²) < 4.78 is 0. The van der Waals surface area contributed by atoms with E-state index in [1.54, 1.807) is 19.1 Å². The SMILES string of the molecule is Cc1cc(NC(=O)C2CC2)sc1C(=O)Nc1ncccc1O. The molecule has 0 aliphatic heterocycles. The standard InChI is InChI=1S/C15H15N3O3S/c1-8-7-11(17-14(20)9-4-5-9)22-12(8)15(21)18-13-10(19)3-2-6-16-13/h2-3,6-7,9,19H,4-5H2,1H3,(H,17,20)(H,16,18,21). The summed E-state index contributed by atoms with van der Waals surface area (Å²) in [5, 5.41) is 15.7. The lowest BCUT2D eigenvalue weighted by Crippen LogP contribution is -2.13. The van der Waals surface area contributed by atoms with Gasteiger partial charge in [0, 0.05) is 12.1 Å². The average molecular weight is 317 g/mol. The number of rotatable bonds is 4. The molecule has 0 saturated heterocycles. The van der Waals surface area contributed by atoms with Gasteiger partial charge >= 0.3 is 0 Å². The number of amides is 2. The van der Waals surface area contributed by atoms with Crippen molar-refractivity contribution in [2.45, 2.75) is 19.8 Å². The monoisotopic (exact) mass is 317 g/mol. The summed E-state index contributed by atoms with van der Waals surface area (Å²) >= 11 is 1.21. The van der Waals surface area contributed by atoms with Crippen molar-refractivity contribution < 1.29 is 14.7 Å². The van der Waals surface area contributed by atoms with Crippen LogP contribution in [0, 0.1) is 12.8 Å². The molecule has 3 rings (SSSR count). The molecule has 114 valence electrons. The molecule has 3 N–H and O–H groups in total. The largest absolute Gasteiger partial charge is 0.504 e. The number of pyridine rings is 1. The number of carbonyl (C=O) groups is 2. The quantitative estimate of drug-likeness (QED) is 0.808. The van der Waals surface area contributed by atoms with Crippen LogP contribution in [0.2, 0.25) is 0 Å². The molecule has 0 spiro atoms. The molecular weight excluding hydrogens is 302 g/mol. The number of carbonyl (C=O) groups excluding carboxylic acids is 2. The first-order valence-electron chi connectivity index (χ1n) is 6.91. The second-order valence-corrected chi connectivity index (χ2v) is 6.26. The predicted molar refractivity (Wildman–Crippen MR) is 84.3 cm³/mol. The zero-order chi connectivity index (χ0) is 15.7. The van der Waals surface area contributed by atoms with E-state index in [0.29, 0.717) is 9.88 Å². The molecule has 6 nitrogen and oxygen atoms in total. The molecule has 22 heavy (non-hydrogen) atoms. The minimum Gasteiger partial charge on any atom is -0.504 e. The van der Waals surface area contributed by atoms with E-state index in [2.05, 4.69) is 15.6 Å². The molecule has 2 aromatic heterocycles. The van der Waals surface area contributed by atoms with Gasteiger partial charge in [0.25, 0.3) is 5.91 Å². The first kappa shape index (κ1) is 14.5. The second kappa shape index (κ2) is 5.76. The minimum atomic E-state index is -0.358. The number of nitrogens with one attached hydrogen (secondary N) is 2. The molecule has 1 saturated carbocycles. The van der Waals surface area contributed by atoms with Crippen molar-refractivity contribution in [1.29, 1.82) is 0 Å². The number of aromatic nitrogens is 1. The molecule has 7 heteroatoms. The number of anilines is 2. The van der Waals surface area contributed by atoms with Crippen LogP contribution in [0.3, 0.4) is 0 Å². The van der Waals surface area contributed by atoms with Crippen molar-refractivity contribution in [2.75, 3.05) is 10.6 Å². The molecular formula is C15H15N3O3S. The van der Waals surface area contributed by atoms with E-state index in [0.717, 1.165) is 18.4 Å². The third-order valence-corrected chi connectivity index (χ3v) is 4.49. The third-order valence-electron chi connectivity index (χ3n) is 3.34. The summed E-state index contributed by atoms with van der Waals surface area (Å²) in [6.07, 6.45) is 3.35. The van der Waals surface area contributed by atoms with Gasteiger partial charge in [-0.2, -0.15) is 0 Å². The van der Waals surface area contributed by atoms with Gasteiger partial charge in [-0.1, -0.05) is 0 Å². The maximum absolute atomic E-state index is 12.3.